The minimum absolute atomic E-state index is 0.505. The van der Waals surface area contributed by atoms with Gasteiger partial charge < -0.3 is 9.84 Å². The number of carbonyl (C=O) groups is 1. The molecule has 104 valence electrons. The number of para-hydroxylation sites is 1. The molecular formula is C10H8F3NO5. The lowest BCUT2D eigenvalue weighted by Gasteiger charge is -2.09. The highest BCUT2D eigenvalue weighted by molar-refractivity contribution is 5.93. The quantitative estimate of drug-likeness (QED) is 0.661. The van der Waals surface area contributed by atoms with Crippen molar-refractivity contribution in [2.75, 3.05) is 6.61 Å². The molecule has 0 saturated heterocycles. The number of aromatic carboxylic acids is 1. The van der Waals surface area contributed by atoms with Crippen LogP contribution in [0.2, 0.25) is 0 Å². The Kier molecular flexibility index (Phi) is 4.30. The molecule has 0 aliphatic heterocycles. The topological polar surface area (TPSA) is 89.7 Å². The van der Waals surface area contributed by atoms with Crippen molar-refractivity contribution in [3.05, 3.63) is 33.9 Å². The first-order chi connectivity index (χ1) is 8.72. The van der Waals surface area contributed by atoms with Crippen LogP contribution in [0.5, 0.6) is 5.75 Å². The Morgan fingerprint density at radius 2 is 2.05 bits per heavy atom. The summed E-state index contributed by atoms with van der Waals surface area (Å²) in [6, 6.07) is 3.16. The molecule has 6 nitrogen and oxygen atoms in total. The molecule has 0 bridgehead atoms. The van der Waals surface area contributed by atoms with Gasteiger partial charge in [-0.15, -0.1) is 0 Å². The summed E-state index contributed by atoms with van der Waals surface area (Å²) in [5, 5.41) is 19.5. The van der Waals surface area contributed by atoms with E-state index in [1.54, 1.807) is 0 Å². The van der Waals surface area contributed by atoms with E-state index in [2.05, 4.69) is 4.74 Å². The normalized spacial score (nSPS) is 11.1. The molecule has 1 N–H and O–H groups in total. The minimum Gasteiger partial charge on any atom is -0.486 e. The highest BCUT2D eigenvalue weighted by atomic mass is 19.4. The van der Waals surface area contributed by atoms with E-state index in [1.807, 2.05) is 0 Å². The molecule has 0 aliphatic carbocycles. The number of nitrogens with zero attached hydrogens (tertiary/aromatic N) is 1. The zero-order valence-corrected chi connectivity index (χ0v) is 9.31. The van der Waals surface area contributed by atoms with E-state index in [-0.39, 0.29) is 0 Å². The second kappa shape index (κ2) is 5.55. The van der Waals surface area contributed by atoms with Crippen LogP contribution in [-0.4, -0.2) is 28.8 Å². The number of halogens is 3. The fraction of sp³-hybridized carbons (Fsp3) is 0.300. The van der Waals surface area contributed by atoms with Crippen LogP contribution in [0.15, 0.2) is 18.2 Å². The van der Waals surface area contributed by atoms with Crippen molar-refractivity contribution in [1.29, 1.82) is 0 Å². The summed E-state index contributed by atoms with van der Waals surface area (Å²) < 4.78 is 40.4. The molecule has 9 heteroatoms. The molecule has 0 spiro atoms. The minimum atomic E-state index is -4.46. The molecule has 1 aromatic carbocycles. The van der Waals surface area contributed by atoms with Gasteiger partial charge in [0.05, 0.1) is 18.0 Å². The lowest BCUT2D eigenvalue weighted by atomic mass is 10.1. The third-order valence-electron chi connectivity index (χ3n) is 2.06. The van der Waals surface area contributed by atoms with Crippen LogP contribution in [0.1, 0.15) is 16.8 Å². The summed E-state index contributed by atoms with van der Waals surface area (Å²) in [6.45, 7) is -0.826. The molecule has 0 saturated carbocycles. The number of alkyl halides is 3. The Hall–Kier alpha value is -2.32. The van der Waals surface area contributed by atoms with Gasteiger partial charge >= 0.3 is 17.8 Å². The average Bonchev–Trinajstić information content (AvgIpc) is 2.26. The Labute approximate surface area is 104 Å². The summed E-state index contributed by atoms with van der Waals surface area (Å²) in [5.41, 5.74) is -1.51. The SMILES string of the molecule is O=C(O)c1cccc(OCCC(F)(F)F)c1[N+](=O)[O-]. The van der Waals surface area contributed by atoms with Crippen LogP contribution in [0.4, 0.5) is 18.9 Å². The van der Waals surface area contributed by atoms with E-state index in [0.29, 0.717) is 0 Å². The predicted octanol–water partition coefficient (Wildman–Crippen LogP) is 2.62. The van der Waals surface area contributed by atoms with Gasteiger partial charge in [0.2, 0.25) is 0 Å². The fourth-order valence-electron chi connectivity index (χ4n) is 1.28. The first kappa shape index (κ1) is 14.7. The number of hydrogen-bond acceptors (Lipinski definition) is 4. The van der Waals surface area contributed by atoms with Gasteiger partial charge in [-0.3, -0.25) is 10.1 Å². The Morgan fingerprint density at radius 3 is 2.53 bits per heavy atom. The number of carboxylic acids is 1. The van der Waals surface area contributed by atoms with Gasteiger partial charge in [-0.2, -0.15) is 13.2 Å². The van der Waals surface area contributed by atoms with Crippen LogP contribution in [0.25, 0.3) is 0 Å². The summed E-state index contributed by atoms with van der Waals surface area (Å²) >= 11 is 0. The number of nitro benzene ring substituents is 1. The van der Waals surface area contributed by atoms with E-state index in [0.717, 1.165) is 18.2 Å². The van der Waals surface area contributed by atoms with E-state index in [4.69, 9.17) is 5.11 Å². The molecule has 0 aliphatic rings. The third kappa shape index (κ3) is 4.12. The zero-order valence-electron chi connectivity index (χ0n) is 9.31. The van der Waals surface area contributed by atoms with Crippen molar-refractivity contribution >= 4 is 11.7 Å². The second-order valence-corrected chi connectivity index (χ2v) is 3.43. The van der Waals surface area contributed by atoms with Gasteiger partial charge in [0, 0.05) is 0 Å². The highest BCUT2D eigenvalue weighted by Gasteiger charge is 2.29. The fourth-order valence-corrected chi connectivity index (χ4v) is 1.28. The van der Waals surface area contributed by atoms with E-state index < -0.39 is 47.1 Å². The van der Waals surface area contributed by atoms with Crippen molar-refractivity contribution in [2.24, 2.45) is 0 Å². The Bertz CT molecular complexity index is 500. The number of hydrogen-bond donors (Lipinski definition) is 1. The first-order valence-electron chi connectivity index (χ1n) is 4.92. The second-order valence-electron chi connectivity index (χ2n) is 3.43. The van der Waals surface area contributed by atoms with Gasteiger partial charge in [-0.1, -0.05) is 6.07 Å². The zero-order chi connectivity index (χ0) is 14.6. The largest absolute Gasteiger partial charge is 0.486 e. The third-order valence-corrected chi connectivity index (χ3v) is 2.06. The van der Waals surface area contributed by atoms with Crippen LogP contribution >= 0.6 is 0 Å². The standard InChI is InChI=1S/C10H8F3NO5/c11-10(12,13)4-5-19-7-3-1-2-6(9(15)16)8(7)14(17)18/h1-3H,4-5H2,(H,15,16). The maximum Gasteiger partial charge on any atom is 0.392 e. The predicted molar refractivity (Wildman–Crippen MR) is 56.2 cm³/mol. The summed E-state index contributed by atoms with van der Waals surface area (Å²) in [6.07, 6.45) is -5.75. The molecule has 0 atom stereocenters. The molecule has 0 heterocycles. The summed E-state index contributed by atoms with van der Waals surface area (Å²) in [4.78, 5) is 20.5. The molecule has 0 radical (unpaired) electrons. The van der Waals surface area contributed by atoms with Crippen molar-refractivity contribution in [3.8, 4) is 5.75 Å². The van der Waals surface area contributed by atoms with Crippen LogP contribution in [-0.2, 0) is 0 Å². The number of rotatable bonds is 5. The van der Waals surface area contributed by atoms with Crippen molar-refractivity contribution in [3.63, 3.8) is 0 Å². The smallest absolute Gasteiger partial charge is 0.392 e. The Balaban J connectivity index is 2.98. The first-order valence-corrected chi connectivity index (χ1v) is 4.92. The molecule has 19 heavy (non-hydrogen) atoms. The van der Waals surface area contributed by atoms with Crippen LogP contribution in [0, 0.1) is 10.1 Å². The maximum atomic E-state index is 11.9. The highest BCUT2D eigenvalue weighted by Crippen LogP contribution is 2.31. The summed E-state index contributed by atoms with van der Waals surface area (Å²) in [5.74, 6) is -2.07. The van der Waals surface area contributed by atoms with Crippen LogP contribution < -0.4 is 4.74 Å². The van der Waals surface area contributed by atoms with Crippen LogP contribution in [0.3, 0.4) is 0 Å². The Morgan fingerprint density at radius 1 is 1.42 bits per heavy atom. The molecule has 1 aromatic rings. The molecule has 1 rings (SSSR count). The van der Waals surface area contributed by atoms with Crippen molar-refractivity contribution in [1.82, 2.24) is 0 Å². The molecule has 0 aromatic heterocycles. The number of carboxylic acid groups (broad SMARTS) is 1. The molecule has 0 amide bonds. The van der Waals surface area contributed by atoms with E-state index >= 15 is 0 Å². The van der Waals surface area contributed by atoms with E-state index in [9.17, 15) is 28.1 Å². The van der Waals surface area contributed by atoms with Gasteiger partial charge in [0.15, 0.2) is 5.75 Å². The molecule has 0 fully saturated rings. The maximum absolute atomic E-state index is 11.9. The average molecular weight is 279 g/mol. The van der Waals surface area contributed by atoms with Gasteiger partial charge in [-0.25, -0.2) is 4.79 Å². The number of nitro groups is 1. The monoisotopic (exact) mass is 279 g/mol. The van der Waals surface area contributed by atoms with E-state index in [1.165, 1.54) is 0 Å². The lowest BCUT2D eigenvalue weighted by molar-refractivity contribution is -0.386. The van der Waals surface area contributed by atoms with Crippen molar-refractivity contribution in [2.45, 2.75) is 12.6 Å². The number of benzene rings is 1. The number of ether oxygens (including phenoxy) is 1. The van der Waals surface area contributed by atoms with Gasteiger partial charge in [0.25, 0.3) is 0 Å². The molecule has 0 unspecified atom stereocenters. The lowest BCUT2D eigenvalue weighted by Crippen LogP contribution is -2.14. The summed E-state index contributed by atoms with van der Waals surface area (Å²) in [7, 11) is 0. The van der Waals surface area contributed by atoms with Gasteiger partial charge in [-0.05, 0) is 12.1 Å². The molecular weight excluding hydrogens is 271 g/mol. The van der Waals surface area contributed by atoms with Gasteiger partial charge in [0.1, 0.15) is 5.56 Å². The van der Waals surface area contributed by atoms with Crippen molar-refractivity contribution < 1.29 is 32.7 Å².